The Hall–Kier alpha value is -0.900. The molecule has 0 aliphatic rings. The van der Waals surface area contributed by atoms with Crippen molar-refractivity contribution < 1.29 is 4.79 Å². The lowest BCUT2D eigenvalue weighted by molar-refractivity contribution is 0.111. The number of hydrogen-bond donors (Lipinski definition) is 1. The monoisotopic (exact) mass is 201 g/mol. The summed E-state index contributed by atoms with van der Waals surface area (Å²) in [5, 5.41) is 0. The van der Waals surface area contributed by atoms with Crippen LogP contribution in [-0.2, 0) is 0 Å². The number of carbonyl (C=O) groups is 1. The molecule has 0 radical (unpaired) electrons. The summed E-state index contributed by atoms with van der Waals surface area (Å²) in [5.41, 5.74) is -0.00204. The second-order valence-electron chi connectivity index (χ2n) is 1.70. The van der Waals surface area contributed by atoms with Gasteiger partial charge in [0.1, 0.15) is 0 Å². The van der Waals surface area contributed by atoms with Crippen LogP contribution in [0.1, 0.15) is 10.5 Å². The van der Waals surface area contributed by atoms with Gasteiger partial charge in [0.25, 0.3) is 0 Å². The largest absolute Gasteiger partial charge is 0.319 e. The fourth-order valence-electron chi connectivity index (χ4n) is 0.558. The van der Waals surface area contributed by atoms with Crippen molar-refractivity contribution in [2.45, 2.75) is 0 Å². The van der Waals surface area contributed by atoms with Gasteiger partial charge in [0.15, 0.2) is 6.29 Å². The molecule has 0 amide bonds. The van der Waals surface area contributed by atoms with Crippen LogP contribution in [0.2, 0.25) is 0 Å². The maximum absolute atomic E-state index is 10.6. The van der Waals surface area contributed by atoms with E-state index in [9.17, 15) is 9.59 Å². The highest BCUT2D eigenvalue weighted by Crippen LogP contribution is 2.08. The van der Waals surface area contributed by atoms with E-state index in [-0.39, 0.29) is 11.3 Å². The van der Waals surface area contributed by atoms with Crippen LogP contribution in [-0.4, -0.2) is 11.3 Å². The number of carbonyl (C=O) groups excluding carboxylic acids is 1. The Balaban J connectivity index is 3.35. The summed E-state index contributed by atoms with van der Waals surface area (Å²) in [7, 11) is 0. The van der Waals surface area contributed by atoms with Gasteiger partial charge in [-0.05, 0) is 22.0 Å². The molecule has 0 unspecified atom stereocenters. The number of pyridine rings is 1. The molecule has 52 valence electrons. The van der Waals surface area contributed by atoms with Crippen molar-refractivity contribution in [2.75, 3.05) is 0 Å². The quantitative estimate of drug-likeness (QED) is 0.689. The van der Waals surface area contributed by atoms with Gasteiger partial charge >= 0.3 is 0 Å². The van der Waals surface area contributed by atoms with E-state index >= 15 is 0 Å². The van der Waals surface area contributed by atoms with Crippen LogP contribution in [0.25, 0.3) is 0 Å². The van der Waals surface area contributed by atoms with Gasteiger partial charge in [-0.25, -0.2) is 0 Å². The third kappa shape index (κ3) is 1.33. The molecule has 1 heterocycles. The van der Waals surface area contributed by atoms with Crippen molar-refractivity contribution in [3.8, 4) is 0 Å². The summed E-state index contributed by atoms with van der Waals surface area (Å²) in [4.78, 5) is 23.1. The highest BCUT2D eigenvalue weighted by atomic mass is 79.9. The lowest BCUT2D eigenvalue weighted by Gasteiger charge is -1.91. The molecule has 0 aliphatic heterocycles. The first-order chi connectivity index (χ1) is 4.74. The second kappa shape index (κ2) is 2.79. The van der Waals surface area contributed by atoms with Crippen molar-refractivity contribution in [2.24, 2.45) is 0 Å². The molecule has 0 bridgehead atoms. The molecule has 0 spiro atoms. The standard InChI is InChI=1S/C6H4BrNO2/c7-4-1-2-6(10)8-5(4)3-9/h1-3H,(H,8,10). The number of aromatic amines is 1. The summed E-state index contributed by atoms with van der Waals surface area (Å²) in [6, 6.07) is 2.87. The van der Waals surface area contributed by atoms with Gasteiger partial charge in [0.05, 0.1) is 5.69 Å². The summed E-state index contributed by atoms with van der Waals surface area (Å²) in [6.45, 7) is 0. The van der Waals surface area contributed by atoms with Crippen LogP contribution in [0.15, 0.2) is 21.4 Å². The molecule has 0 aliphatic carbocycles. The molecule has 1 aromatic rings. The van der Waals surface area contributed by atoms with Gasteiger partial charge in [0.2, 0.25) is 5.56 Å². The van der Waals surface area contributed by atoms with Crippen LogP contribution in [0.4, 0.5) is 0 Å². The topological polar surface area (TPSA) is 49.9 Å². The van der Waals surface area contributed by atoms with E-state index in [1.165, 1.54) is 12.1 Å². The molecule has 3 nitrogen and oxygen atoms in total. The Labute approximate surface area is 65.2 Å². The van der Waals surface area contributed by atoms with Crippen molar-refractivity contribution in [1.29, 1.82) is 0 Å². The normalized spacial score (nSPS) is 9.30. The number of rotatable bonds is 1. The zero-order valence-corrected chi connectivity index (χ0v) is 6.51. The first-order valence-corrected chi connectivity index (χ1v) is 3.37. The number of hydrogen-bond acceptors (Lipinski definition) is 2. The van der Waals surface area contributed by atoms with E-state index < -0.39 is 0 Å². The van der Waals surface area contributed by atoms with Crippen LogP contribution in [0, 0.1) is 0 Å². The summed E-state index contributed by atoms with van der Waals surface area (Å²) >= 11 is 3.09. The molecule has 1 N–H and O–H groups in total. The molecule has 4 heteroatoms. The van der Waals surface area contributed by atoms with Crippen LogP contribution in [0.5, 0.6) is 0 Å². The summed E-state index contributed by atoms with van der Waals surface area (Å²) in [6.07, 6.45) is 0.589. The van der Waals surface area contributed by atoms with E-state index in [1.54, 1.807) is 0 Å². The molecule has 10 heavy (non-hydrogen) atoms. The van der Waals surface area contributed by atoms with Crippen LogP contribution in [0.3, 0.4) is 0 Å². The number of H-pyrrole nitrogens is 1. The van der Waals surface area contributed by atoms with Gasteiger partial charge in [-0.3, -0.25) is 9.59 Å². The van der Waals surface area contributed by atoms with Gasteiger partial charge < -0.3 is 4.98 Å². The van der Waals surface area contributed by atoms with E-state index in [4.69, 9.17) is 0 Å². The van der Waals surface area contributed by atoms with E-state index in [0.29, 0.717) is 10.8 Å². The Kier molecular flexibility index (Phi) is 2.01. The zero-order chi connectivity index (χ0) is 7.56. The van der Waals surface area contributed by atoms with Crippen LogP contribution < -0.4 is 5.56 Å². The zero-order valence-electron chi connectivity index (χ0n) is 4.93. The van der Waals surface area contributed by atoms with Gasteiger partial charge in [-0.2, -0.15) is 0 Å². The fraction of sp³-hybridized carbons (Fsp3) is 0. The third-order valence-corrected chi connectivity index (χ3v) is 1.71. The minimum Gasteiger partial charge on any atom is -0.319 e. The minimum absolute atomic E-state index is 0.271. The molecule has 0 saturated carbocycles. The second-order valence-corrected chi connectivity index (χ2v) is 2.56. The van der Waals surface area contributed by atoms with Gasteiger partial charge in [-0.1, -0.05) is 0 Å². The fourth-order valence-corrected chi connectivity index (χ4v) is 0.883. The average molecular weight is 202 g/mol. The van der Waals surface area contributed by atoms with Crippen molar-refractivity contribution >= 4 is 22.2 Å². The third-order valence-electron chi connectivity index (χ3n) is 1.01. The van der Waals surface area contributed by atoms with Crippen LogP contribution >= 0.6 is 15.9 Å². The first-order valence-electron chi connectivity index (χ1n) is 2.58. The highest BCUT2D eigenvalue weighted by molar-refractivity contribution is 9.10. The maximum atomic E-state index is 10.6. The summed E-state index contributed by atoms with van der Waals surface area (Å²) < 4.78 is 0.599. The Morgan fingerprint density at radius 2 is 2.20 bits per heavy atom. The Bertz CT molecular complexity index is 305. The SMILES string of the molecule is O=Cc1[nH]c(=O)ccc1Br. The number of aromatic nitrogens is 1. The average Bonchev–Trinajstić information content (AvgIpc) is 1.94. The van der Waals surface area contributed by atoms with E-state index in [2.05, 4.69) is 20.9 Å². The highest BCUT2D eigenvalue weighted by Gasteiger charge is 1.96. The van der Waals surface area contributed by atoms with Gasteiger partial charge in [-0.15, -0.1) is 0 Å². The molecule has 0 atom stereocenters. The molecular formula is C6H4BrNO2. The van der Waals surface area contributed by atoms with E-state index in [0.717, 1.165) is 0 Å². The minimum atomic E-state index is -0.273. The Morgan fingerprint density at radius 3 is 2.70 bits per heavy atom. The van der Waals surface area contributed by atoms with Crippen molar-refractivity contribution in [3.63, 3.8) is 0 Å². The van der Waals surface area contributed by atoms with E-state index in [1.807, 2.05) is 0 Å². The lowest BCUT2D eigenvalue weighted by atomic mass is 10.4. The number of nitrogens with one attached hydrogen (secondary N) is 1. The van der Waals surface area contributed by atoms with Crippen molar-refractivity contribution in [1.82, 2.24) is 4.98 Å². The molecule has 0 saturated heterocycles. The predicted octanol–water partition coefficient (Wildman–Crippen LogP) is 0.950. The predicted molar refractivity (Wildman–Crippen MR) is 40.2 cm³/mol. The first kappa shape index (κ1) is 7.21. The smallest absolute Gasteiger partial charge is 0.248 e. The molecule has 1 aromatic heterocycles. The molecule has 1 rings (SSSR count). The molecular weight excluding hydrogens is 198 g/mol. The summed E-state index contributed by atoms with van der Waals surface area (Å²) in [5.74, 6) is 0. The number of halogens is 1. The van der Waals surface area contributed by atoms with Gasteiger partial charge in [0, 0.05) is 10.5 Å². The number of aldehydes is 1. The lowest BCUT2D eigenvalue weighted by Crippen LogP contribution is -2.06. The maximum Gasteiger partial charge on any atom is 0.248 e. The van der Waals surface area contributed by atoms with Crippen molar-refractivity contribution in [3.05, 3.63) is 32.7 Å². The Morgan fingerprint density at radius 1 is 1.50 bits per heavy atom. The molecule has 0 aromatic carbocycles. The molecule has 0 fully saturated rings.